The Balaban J connectivity index is 1.53. The molecule has 1 fully saturated rings. The predicted molar refractivity (Wildman–Crippen MR) is 94.9 cm³/mol. The molecular weight excluding hydrogens is 304 g/mol. The molecule has 6 heteroatoms. The van der Waals surface area contributed by atoms with Crippen LogP contribution < -0.4 is 16.0 Å². The Morgan fingerprint density at radius 2 is 1.75 bits per heavy atom. The van der Waals surface area contributed by atoms with E-state index in [1.807, 2.05) is 36.4 Å². The maximum atomic E-state index is 12.1. The topological polar surface area (TPSA) is 73.5 Å². The number of carbonyl (C=O) groups is 2. The van der Waals surface area contributed by atoms with Gasteiger partial charge >= 0.3 is 11.8 Å². The van der Waals surface area contributed by atoms with Crippen molar-refractivity contribution in [2.24, 2.45) is 0 Å². The Labute approximate surface area is 141 Å². The number of fused-ring (bicyclic) bond motifs is 1. The second-order valence-electron chi connectivity index (χ2n) is 5.83. The molecule has 3 N–H and O–H groups in total. The average molecular weight is 326 g/mol. The van der Waals surface area contributed by atoms with Gasteiger partial charge in [-0.3, -0.25) is 14.5 Å². The predicted octanol–water partition coefficient (Wildman–Crippen LogP) is 0.800. The van der Waals surface area contributed by atoms with E-state index in [9.17, 15) is 9.59 Å². The monoisotopic (exact) mass is 326 g/mol. The van der Waals surface area contributed by atoms with Crippen LogP contribution in [0.2, 0.25) is 0 Å². The highest BCUT2D eigenvalue weighted by molar-refractivity contribution is 6.40. The second-order valence-corrected chi connectivity index (χ2v) is 5.83. The molecule has 0 atom stereocenters. The van der Waals surface area contributed by atoms with E-state index in [0.29, 0.717) is 12.2 Å². The summed E-state index contributed by atoms with van der Waals surface area (Å²) in [5.41, 5.74) is 0.648. The number of hydrogen-bond acceptors (Lipinski definition) is 4. The number of anilines is 1. The Morgan fingerprint density at radius 1 is 1.00 bits per heavy atom. The van der Waals surface area contributed by atoms with Crippen LogP contribution in [-0.2, 0) is 9.59 Å². The number of amides is 2. The molecule has 126 valence electrons. The number of nitrogens with one attached hydrogen (secondary N) is 3. The van der Waals surface area contributed by atoms with Crippen molar-refractivity contribution in [3.63, 3.8) is 0 Å². The van der Waals surface area contributed by atoms with Gasteiger partial charge in [0.05, 0.1) is 0 Å². The maximum absolute atomic E-state index is 12.1. The zero-order chi connectivity index (χ0) is 16.8. The summed E-state index contributed by atoms with van der Waals surface area (Å²) in [4.78, 5) is 26.3. The average Bonchev–Trinajstić information content (AvgIpc) is 2.63. The molecule has 0 spiro atoms. The third-order valence-corrected chi connectivity index (χ3v) is 4.17. The molecule has 0 saturated carbocycles. The number of carbonyl (C=O) groups excluding carboxylic acids is 2. The lowest BCUT2D eigenvalue weighted by Crippen LogP contribution is -2.47. The van der Waals surface area contributed by atoms with Crippen LogP contribution in [-0.4, -0.2) is 56.0 Å². The molecule has 1 heterocycles. The van der Waals surface area contributed by atoms with Gasteiger partial charge in [-0.2, -0.15) is 0 Å². The summed E-state index contributed by atoms with van der Waals surface area (Å²) in [7, 11) is 0. The smallest absolute Gasteiger partial charge is 0.313 e. The molecule has 0 aromatic heterocycles. The van der Waals surface area contributed by atoms with Crippen LogP contribution in [0, 0.1) is 0 Å². The van der Waals surface area contributed by atoms with Crippen molar-refractivity contribution < 1.29 is 9.59 Å². The molecule has 1 saturated heterocycles. The minimum Gasteiger partial charge on any atom is -0.347 e. The van der Waals surface area contributed by atoms with Crippen molar-refractivity contribution in [2.45, 2.75) is 0 Å². The van der Waals surface area contributed by atoms with Crippen molar-refractivity contribution in [1.29, 1.82) is 0 Å². The highest BCUT2D eigenvalue weighted by Crippen LogP contribution is 2.22. The summed E-state index contributed by atoms with van der Waals surface area (Å²) < 4.78 is 0. The van der Waals surface area contributed by atoms with E-state index in [1.54, 1.807) is 6.07 Å². The number of benzene rings is 2. The van der Waals surface area contributed by atoms with E-state index in [0.717, 1.165) is 43.5 Å². The number of hydrogen-bond donors (Lipinski definition) is 3. The van der Waals surface area contributed by atoms with Crippen molar-refractivity contribution in [3.8, 4) is 0 Å². The zero-order valence-corrected chi connectivity index (χ0v) is 13.5. The summed E-state index contributed by atoms with van der Waals surface area (Å²) in [6.45, 7) is 5.11. The van der Waals surface area contributed by atoms with E-state index in [4.69, 9.17) is 0 Å². The van der Waals surface area contributed by atoms with Crippen molar-refractivity contribution in [2.75, 3.05) is 44.6 Å². The van der Waals surface area contributed by atoms with Gasteiger partial charge in [0.2, 0.25) is 0 Å². The van der Waals surface area contributed by atoms with E-state index in [2.05, 4.69) is 20.9 Å². The first kappa shape index (κ1) is 16.4. The fraction of sp³-hybridized carbons (Fsp3) is 0.333. The maximum Gasteiger partial charge on any atom is 0.313 e. The first-order valence-corrected chi connectivity index (χ1v) is 8.24. The van der Waals surface area contributed by atoms with Gasteiger partial charge in [-0.05, 0) is 11.5 Å². The van der Waals surface area contributed by atoms with Crippen molar-refractivity contribution in [3.05, 3.63) is 42.5 Å². The minimum absolute atomic E-state index is 0.474. The highest BCUT2D eigenvalue weighted by atomic mass is 16.2. The van der Waals surface area contributed by atoms with Crippen LogP contribution in [0.4, 0.5) is 5.69 Å². The lowest BCUT2D eigenvalue weighted by atomic mass is 10.1. The number of nitrogens with zero attached hydrogens (tertiary/aromatic N) is 1. The van der Waals surface area contributed by atoms with Gasteiger partial charge in [-0.25, -0.2) is 0 Å². The molecule has 0 unspecified atom stereocenters. The molecule has 0 aliphatic carbocycles. The molecule has 1 aliphatic heterocycles. The third kappa shape index (κ3) is 4.10. The fourth-order valence-corrected chi connectivity index (χ4v) is 2.86. The van der Waals surface area contributed by atoms with Crippen LogP contribution in [0.25, 0.3) is 10.8 Å². The molecule has 2 amide bonds. The minimum atomic E-state index is -0.633. The van der Waals surface area contributed by atoms with Crippen molar-refractivity contribution >= 4 is 28.3 Å². The summed E-state index contributed by atoms with van der Waals surface area (Å²) >= 11 is 0. The number of rotatable bonds is 4. The van der Waals surface area contributed by atoms with E-state index in [-0.39, 0.29) is 0 Å². The Hall–Kier alpha value is -2.44. The SMILES string of the molecule is O=C(NCCN1CCNCC1)C(=O)Nc1cccc2ccccc12. The quantitative estimate of drug-likeness (QED) is 0.727. The molecule has 24 heavy (non-hydrogen) atoms. The first-order valence-electron chi connectivity index (χ1n) is 8.24. The van der Waals surface area contributed by atoms with Crippen LogP contribution in [0.15, 0.2) is 42.5 Å². The summed E-state index contributed by atoms with van der Waals surface area (Å²) in [6, 6.07) is 13.4. The molecule has 2 aromatic rings. The Morgan fingerprint density at radius 3 is 2.58 bits per heavy atom. The van der Waals surface area contributed by atoms with Crippen LogP contribution >= 0.6 is 0 Å². The Bertz CT molecular complexity index is 721. The first-order chi connectivity index (χ1) is 11.7. The molecule has 1 aliphatic rings. The molecule has 3 rings (SSSR count). The lowest BCUT2D eigenvalue weighted by Gasteiger charge is -2.26. The third-order valence-electron chi connectivity index (χ3n) is 4.17. The number of piperazine rings is 1. The van der Waals surface area contributed by atoms with Gasteiger partial charge in [0.15, 0.2) is 0 Å². The fourth-order valence-electron chi connectivity index (χ4n) is 2.86. The van der Waals surface area contributed by atoms with Gasteiger partial charge in [-0.15, -0.1) is 0 Å². The van der Waals surface area contributed by atoms with Crippen LogP contribution in [0.1, 0.15) is 0 Å². The zero-order valence-electron chi connectivity index (χ0n) is 13.5. The second kappa shape index (κ2) is 7.90. The Kier molecular flexibility index (Phi) is 5.40. The van der Waals surface area contributed by atoms with E-state index < -0.39 is 11.8 Å². The molecule has 6 nitrogen and oxygen atoms in total. The standard InChI is InChI=1S/C18H22N4O2/c23-17(20-10-13-22-11-8-19-9-12-22)18(24)21-16-7-3-5-14-4-1-2-6-15(14)16/h1-7,19H,8-13H2,(H,20,23)(H,21,24). The van der Waals surface area contributed by atoms with Gasteiger partial charge in [0.1, 0.15) is 0 Å². The summed E-state index contributed by atoms with van der Waals surface area (Å²) in [5, 5.41) is 10.6. The normalized spacial score (nSPS) is 15.2. The highest BCUT2D eigenvalue weighted by Gasteiger charge is 2.15. The van der Waals surface area contributed by atoms with Crippen LogP contribution in [0.5, 0.6) is 0 Å². The van der Waals surface area contributed by atoms with E-state index >= 15 is 0 Å². The largest absolute Gasteiger partial charge is 0.347 e. The van der Waals surface area contributed by atoms with Gasteiger partial charge < -0.3 is 16.0 Å². The van der Waals surface area contributed by atoms with E-state index in [1.165, 1.54) is 0 Å². The lowest BCUT2D eigenvalue weighted by molar-refractivity contribution is -0.136. The molecule has 0 radical (unpaired) electrons. The van der Waals surface area contributed by atoms with Gasteiger partial charge in [0, 0.05) is 50.3 Å². The molecule has 2 aromatic carbocycles. The molecular formula is C18H22N4O2. The van der Waals surface area contributed by atoms with Gasteiger partial charge in [0.25, 0.3) is 0 Å². The summed E-state index contributed by atoms with van der Waals surface area (Å²) in [6.07, 6.45) is 0. The van der Waals surface area contributed by atoms with Crippen molar-refractivity contribution in [1.82, 2.24) is 15.5 Å². The molecule has 0 bridgehead atoms. The van der Waals surface area contributed by atoms with Crippen LogP contribution in [0.3, 0.4) is 0 Å². The van der Waals surface area contributed by atoms with Gasteiger partial charge in [-0.1, -0.05) is 36.4 Å². The summed E-state index contributed by atoms with van der Waals surface area (Å²) in [5.74, 6) is -1.23.